The quantitative estimate of drug-likeness (QED) is 0.824. The average Bonchev–Trinajstić information content (AvgIpc) is 2.93. The van der Waals surface area contributed by atoms with Gasteiger partial charge in [-0.1, -0.05) is 19.1 Å². The van der Waals surface area contributed by atoms with Crippen LogP contribution in [0.4, 0.5) is 4.39 Å². The summed E-state index contributed by atoms with van der Waals surface area (Å²) in [5, 5.41) is 3.28. The van der Waals surface area contributed by atoms with E-state index in [1.165, 1.54) is 12.1 Å². The van der Waals surface area contributed by atoms with Gasteiger partial charge in [-0.15, -0.1) is 0 Å². The van der Waals surface area contributed by atoms with Crippen LogP contribution < -0.4 is 5.32 Å². The number of benzene rings is 1. The molecule has 3 nitrogen and oxygen atoms in total. The molecule has 0 radical (unpaired) electrons. The molecule has 1 aliphatic heterocycles. The fourth-order valence-corrected chi connectivity index (χ4v) is 2.23. The summed E-state index contributed by atoms with van der Waals surface area (Å²) in [5.74, 6) is -0.218. The molecule has 0 saturated carbocycles. The highest BCUT2D eigenvalue weighted by molar-refractivity contribution is 5.19. The third-order valence-electron chi connectivity index (χ3n) is 3.33. The van der Waals surface area contributed by atoms with Crippen LogP contribution >= 0.6 is 0 Å². The predicted molar refractivity (Wildman–Crippen MR) is 72.6 cm³/mol. The maximum absolute atomic E-state index is 13.0. The smallest absolute Gasteiger partial charge is 0.123 e. The van der Waals surface area contributed by atoms with Crippen molar-refractivity contribution >= 4 is 0 Å². The zero-order chi connectivity index (χ0) is 13.5. The van der Waals surface area contributed by atoms with Crippen molar-refractivity contribution in [1.82, 2.24) is 5.32 Å². The summed E-state index contributed by atoms with van der Waals surface area (Å²) >= 11 is 0. The van der Waals surface area contributed by atoms with Gasteiger partial charge < -0.3 is 14.8 Å². The van der Waals surface area contributed by atoms with E-state index in [2.05, 4.69) is 12.2 Å². The van der Waals surface area contributed by atoms with Crippen molar-refractivity contribution in [1.29, 1.82) is 0 Å². The second kappa shape index (κ2) is 7.58. The lowest BCUT2D eigenvalue weighted by Gasteiger charge is -2.20. The summed E-state index contributed by atoms with van der Waals surface area (Å²) in [6.45, 7) is 5.12. The molecule has 4 heteroatoms. The first kappa shape index (κ1) is 14.4. The molecule has 1 aromatic carbocycles. The minimum atomic E-state index is -0.218. The maximum atomic E-state index is 13.0. The third-order valence-corrected chi connectivity index (χ3v) is 3.33. The van der Waals surface area contributed by atoms with E-state index in [0.29, 0.717) is 6.61 Å². The van der Waals surface area contributed by atoms with Crippen LogP contribution in [-0.4, -0.2) is 32.4 Å². The molecule has 1 saturated heterocycles. The van der Waals surface area contributed by atoms with Crippen LogP contribution in [0.3, 0.4) is 0 Å². The second-order valence-electron chi connectivity index (χ2n) is 4.82. The maximum Gasteiger partial charge on any atom is 0.123 e. The van der Waals surface area contributed by atoms with Gasteiger partial charge in [-0.2, -0.15) is 0 Å². The molecule has 2 atom stereocenters. The monoisotopic (exact) mass is 267 g/mol. The number of hydrogen-bond donors (Lipinski definition) is 1. The summed E-state index contributed by atoms with van der Waals surface area (Å²) < 4.78 is 24.5. The van der Waals surface area contributed by atoms with Gasteiger partial charge in [0.25, 0.3) is 0 Å². The number of likely N-dealkylation sites (N-methyl/N-ethyl adjacent to an activating group) is 1. The molecule has 1 aliphatic rings. The summed E-state index contributed by atoms with van der Waals surface area (Å²) in [7, 11) is 0. The molecule has 2 rings (SSSR count). The first-order valence-corrected chi connectivity index (χ1v) is 6.99. The van der Waals surface area contributed by atoms with Gasteiger partial charge in [0.05, 0.1) is 18.8 Å². The molecule has 0 bridgehead atoms. The van der Waals surface area contributed by atoms with Gasteiger partial charge in [-0.3, -0.25) is 0 Å². The van der Waals surface area contributed by atoms with Crippen molar-refractivity contribution in [2.45, 2.75) is 32.0 Å². The lowest BCUT2D eigenvalue weighted by atomic mass is 10.1. The first-order chi connectivity index (χ1) is 9.29. The Hall–Kier alpha value is -0.970. The summed E-state index contributed by atoms with van der Waals surface area (Å²) in [6.07, 6.45) is 2.34. The van der Waals surface area contributed by atoms with E-state index in [4.69, 9.17) is 9.47 Å². The Morgan fingerprint density at radius 1 is 1.42 bits per heavy atom. The van der Waals surface area contributed by atoms with E-state index in [-0.39, 0.29) is 18.0 Å². The molecular weight excluding hydrogens is 245 g/mol. The Morgan fingerprint density at radius 2 is 2.21 bits per heavy atom. The third kappa shape index (κ3) is 4.56. The molecule has 19 heavy (non-hydrogen) atoms. The molecule has 106 valence electrons. The Bertz CT molecular complexity index is 363. The minimum absolute atomic E-state index is 0.0512. The number of hydrogen-bond acceptors (Lipinski definition) is 3. The van der Waals surface area contributed by atoms with Crippen LogP contribution in [0.2, 0.25) is 0 Å². The van der Waals surface area contributed by atoms with Gasteiger partial charge in [0, 0.05) is 13.2 Å². The molecule has 0 amide bonds. The molecule has 0 spiro atoms. The normalized spacial score (nSPS) is 20.6. The number of rotatable bonds is 7. The minimum Gasteiger partial charge on any atom is -0.376 e. The van der Waals surface area contributed by atoms with Crippen LogP contribution in [0, 0.1) is 5.82 Å². The zero-order valence-electron chi connectivity index (χ0n) is 11.4. The molecule has 0 aliphatic carbocycles. The van der Waals surface area contributed by atoms with Gasteiger partial charge in [-0.25, -0.2) is 4.39 Å². The largest absolute Gasteiger partial charge is 0.376 e. The predicted octanol–water partition coefficient (Wildman–Crippen LogP) is 2.67. The Labute approximate surface area is 114 Å². The second-order valence-corrected chi connectivity index (χ2v) is 4.82. The van der Waals surface area contributed by atoms with Crippen molar-refractivity contribution in [3.8, 4) is 0 Å². The van der Waals surface area contributed by atoms with Crippen molar-refractivity contribution in [2.24, 2.45) is 0 Å². The van der Waals surface area contributed by atoms with Crippen LogP contribution in [0.5, 0.6) is 0 Å². The SMILES string of the molecule is CCNCC(OCC1CCCO1)c1ccc(F)cc1. The topological polar surface area (TPSA) is 30.5 Å². The molecule has 1 N–H and O–H groups in total. The van der Waals surface area contributed by atoms with Gasteiger partial charge in [-0.05, 0) is 37.1 Å². The van der Waals surface area contributed by atoms with E-state index >= 15 is 0 Å². The van der Waals surface area contributed by atoms with Gasteiger partial charge >= 0.3 is 0 Å². The van der Waals surface area contributed by atoms with E-state index in [0.717, 1.165) is 38.1 Å². The van der Waals surface area contributed by atoms with E-state index in [1.54, 1.807) is 12.1 Å². The average molecular weight is 267 g/mol. The van der Waals surface area contributed by atoms with Crippen LogP contribution in [0.15, 0.2) is 24.3 Å². The molecular formula is C15H22FNO2. The molecule has 1 aromatic rings. The highest BCUT2D eigenvalue weighted by Crippen LogP contribution is 2.20. The first-order valence-electron chi connectivity index (χ1n) is 6.99. The molecule has 1 heterocycles. The lowest BCUT2D eigenvalue weighted by Crippen LogP contribution is -2.26. The fourth-order valence-electron chi connectivity index (χ4n) is 2.23. The Morgan fingerprint density at radius 3 is 2.84 bits per heavy atom. The van der Waals surface area contributed by atoms with Gasteiger partial charge in [0.2, 0.25) is 0 Å². The standard InChI is InChI=1S/C15H22FNO2/c1-2-17-10-15(12-5-7-13(16)8-6-12)19-11-14-4-3-9-18-14/h5-8,14-15,17H,2-4,9-11H2,1H3. The lowest BCUT2D eigenvalue weighted by molar-refractivity contribution is -0.0208. The fraction of sp³-hybridized carbons (Fsp3) is 0.600. The van der Waals surface area contributed by atoms with Crippen LogP contribution in [0.25, 0.3) is 0 Å². The van der Waals surface area contributed by atoms with Crippen molar-refractivity contribution < 1.29 is 13.9 Å². The van der Waals surface area contributed by atoms with Crippen LogP contribution in [0.1, 0.15) is 31.4 Å². The van der Waals surface area contributed by atoms with Gasteiger partial charge in [0.1, 0.15) is 5.82 Å². The summed E-state index contributed by atoms with van der Waals surface area (Å²) in [5.41, 5.74) is 1.00. The highest BCUT2D eigenvalue weighted by atomic mass is 19.1. The van der Waals surface area contributed by atoms with E-state index in [9.17, 15) is 4.39 Å². The van der Waals surface area contributed by atoms with Gasteiger partial charge in [0.15, 0.2) is 0 Å². The molecule has 1 fully saturated rings. The van der Waals surface area contributed by atoms with E-state index < -0.39 is 0 Å². The van der Waals surface area contributed by atoms with Crippen molar-refractivity contribution in [2.75, 3.05) is 26.3 Å². The Balaban J connectivity index is 1.91. The highest BCUT2D eigenvalue weighted by Gasteiger charge is 2.19. The van der Waals surface area contributed by atoms with Crippen LogP contribution in [-0.2, 0) is 9.47 Å². The van der Waals surface area contributed by atoms with Crippen molar-refractivity contribution in [3.05, 3.63) is 35.6 Å². The molecule has 2 unspecified atom stereocenters. The Kier molecular flexibility index (Phi) is 5.76. The number of nitrogens with one attached hydrogen (secondary N) is 1. The van der Waals surface area contributed by atoms with Crippen molar-refractivity contribution in [3.63, 3.8) is 0 Å². The van der Waals surface area contributed by atoms with E-state index in [1.807, 2.05) is 0 Å². The number of ether oxygens (including phenoxy) is 2. The molecule has 0 aromatic heterocycles. The number of halogens is 1. The zero-order valence-corrected chi connectivity index (χ0v) is 11.4. The summed E-state index contributed by atoms with van der Waals surface area (Å²) in [6, 6.07) is 6.52. The summed E-state index contributed by atoms with van der Waals surface area (Å²) in [4.78, 5) is 0.